The number of hydrogen-bond donors (Lipinski definition) is 1. The van der Waals surface area contributed by atoms with Crippen molar-refractivity contribution in [1.29, 1.82) is 0 Å². The van der Waals surface area contributed by atoms with E-state index in [-0.39, 0.29) is 5.41 Å². The molecule has 0 saturated heterocycles. The van der Waals surface area contributed by atoms with E-state index < -0.39 is 6.10 Å². The van der Waals surface area contributed by atoms with E-state index in [1.807, 2.05) is 33.8 Å². The Balaban J connectivity index is 3.02. The predicted octanol–water partition coefficient (Wildman–Crippen LogP) is 2.47. The summed E-state index contributed by atoms with van der Waals surface area (Å²) in [6, 6.07) is 1.92. The van der Waals surface area contributed by atoms with E-state index in [0.717, 1.165) is 11.1 Å². The molecule has 13 heavy (non-hydrogen) atoms. The minimum atomic E-state index is -0.443. The van der Waals surface area contributed by atoms with E-state index in [9.17, 15) is 5.11 Å². The van der Waals surface area contributed by atoms with Gasteiger partial charge in [-0.1, -0.05) is 20.8 Å². The third kappa shape index (κ3) is 2.28. The van der Waals surface area contributed by atoms with Crippen molar-refractivity contribution in [2.45, 2.75) is 33.8 Å². The Bertz CT molecular complexity index is 288. The van der Waals surface area contributed by atoms with E-state index in [1.54, 1.807) is 12.4 Å². The summed E-state index contributed by atoms with van der Waals surface area (Å²) in [4.78, 5) is 4.02. The second kappa shape index (κ2) is 3.46. The molecule has 0 radical (unpaired) electrons. The molecule has 0 bridgehead atoms. The van der Waals surface area contributed by atoms with Crippen molar-refractivity contribution in [3.8, 4) is 0 Å². The van der Waals surface area contributed by atoms with Crippen LogP contribution in [0.25, 0.3) is 0 Å². The number of pyridine rings is 1. The van der Waals surface area contributed by atoms with Crippen molar-refractivity contribution in [2.75, 3.05) is 0 Å². The fourth-order valence-electron chi connectivity index (χ4n) is 1.23. The van der Waals surface area contributed by atoms with Gasteiger partial charge < -0.3 is 5.11 Å². The zero-order chi connectivity index (χ0) is 10.1. The minimum absolute atomic E-state index is 0.131. The molecule has 1 N–H and O–H groups in total. The number of nitrogens with zero attached hydrogens (tertiary/aromatic N) is 1. The van der Waals surface area contributed by atoms with Gasteiger partial charge >= 0.3 is 0 Å². The van der Waals surface area contributed by atoms with E-state index in [0.29, 0.717) is 0 Å². The monoisotopic (exact) mass is 179 g/mol. The molecule has 0 aliphatic carbocycles. The fourth-order valence-corrected chi connectivity index (χ4v) is 1.23. The van der Waals surface area contributed by atoms with Gasteiger partial charge in [0.15, 0.2) is 0 Å². The number of rotatable bonds is 1. The number of aliphatic hydroxyl groups excluding tert-OH is 1. The Morgan fingerprint density at radius 3 is 2.46 bits per heavy atom. The summed E-state index contributed by atoms with van der Waals surface area (Å²) in [5.74, 6) is 0. The van der Waals surface area contributed by atoms with Crippen molar-refractivity contribution in [1.82, 2.24) is 4.98 Å². The van der Waals surface area contributed by atoms with Crippen LogP contribution in [0.5, 0.6) is 0 Å². The Kier molecular flexibility index (Phi) is 2.71. The first-order valence-electron chi connectivity index (χ1n) is 4.51. The van der Waals surface area contributed by atoms with E-state index in [4.69, 9.17) is 0 Å². The van der Waals surface area contributed by atoms with E-state index in [2.05, 4.69) is 4.98 Å². The highest BCUT2D eigenvalue weighted by Gasteiger charge is 2.24. The smallest absolute Gasteiger partial charge is 0.0855 e. The summed E-state index contributed by atoms with van der Waals surface area (Å²) in [6.07, 6.45) is 3.04. The first-order chi connectivity index (χ1) is 5.93. The third-order valence-electron chi connectivity index (χ3n) is 2.19. The van der Waals surface area contributed by atoms with Crippen molar-refractivity contribution >= 4 is 0 Å². The molecule has 0 spiro atoms. The lowest BCUT2D eigenvalue weighted by Crippen LogP contribution is -2.18. The normalized spacial score (nSPS) is 14.2. The number of aliphatic hydroxyl groups is 1. The molecule has 2 nitrogen and oxygen atoms in total. The van der Waals surface area contributed by atoms with Crippen molar-refractivity contribution < 1.29 is 5.11 Å². The number of aryl methyl sites for hydroxylation is 1. The van der Waals surface area contributed by atoms with E-state index in [1.165, 1.54) is 0 Å². The van der Waals surface area contributed by atoms with Gasteiger partial charge in [0, 0.05) is 18.0 Å². The molecule has 0 amide bonds. The predicted molar refractivity (Wildman–Crippen MR) is 53.4 cm³/mol. The van der Waals surface area contributed by atoms with Crippen LogP contribution in [0.3, 0.4) is 0 Å². The van der Waals surface area contributed by atoms with Gasteiger partial charge in [-0.3, -0.25) is 4.98 Å². The van der Waals surface area contributed by atoms with Crippen LogP contribution in [0.1, 0.15) is 38.0 Å². The minimum Gasteiger partial charge on any atom is -0.388 e. The Labute approximate surface area is 79.6 Å². The molecule has 1 rings (SSSR count). The quantitative estimate of drug-likeness (QED) is 0.718. The summed E-state index contributed by atoms with van der Waals surface area (Å²) in [5.41, 5.74) is 1.89. The zero-order valence-electron chi connectivity index (χ0n) is 8.70. The first-order valence-corrected chi connectivity index (χ1v) is 4.51. The van der Waals surface area contributed by atoms with Crippen LogP contribution in [0.4, 0.5) is 0 Å². The summed E-state index contributed by atoms with van der Waals surface area (Å²) in [7, 11) is 0. The van der Waals surface area contributed by atoms with Crippen LogP contribution in [0.2, 0.25) is 0 Å². The Hall–Kier alpha value is -0.890. The largest absolute Gasteiger partial charge is 0.388 e. The van der Waals surface area contributed by atoms with Crippen LogP contribution in [0.15, 0.2) is 18.5 Å². The Morgan fingerprint density at radius 1 is 1.38 bits per heavy atom. The van der Waals surface area contributed by atoms with Gasteiger partial charge in [0.2, 0.25) is 0 Å². The maximum atomic E-state index is 10.00. The van der Waals surface area contributed by atoms with Gasteiger partial charge in [0.25, 0.3) is 0 Å². The molecule has 0 aliphatic heterocycles. The molecule has 72 valence electrons. The molecule has 1 heterocycles. The lowest BCUT2D eigenvalue weighted by atomic mass is 9.84. The average molecular weight is 179 g/mol. The molecule has 1 aromatic rings. The van der Waals surface area contributed by atoms with Crippen molar-refractivity contribution in [2.24, 2.45) is 5.41 Å². The van der Waals surface area contributed by atoms with Crippen molar-refractivity contribution in [3.63, 3.8) is 0 Å². The highest BCUT2D eigenvalue weighted by atomic mass is 16.3. The van der Waals surface area contributed by atoms with Gasteiger partial charge in [-0.2, -0.15) is 0 Å². The standard InChI is InChI=1S/C11H17NO/c1-8-5-6-12-7-9(8)10(13)11(2,3)4/h5-7,10,13H,1-4H3. The van der Waals surface area contributed by atoms with E-state index >= 15 is 0 Å². The highest BCUT2D eigenvalue weighted by Crippen LogP contribution is 2.33. The molecule has 0 saturated carbocycles. The van der Waals surface area contributed by atoms with Gasteiger partial charge in [-0.15, -0.1) is 0 Å². The summed E-state index contributed by atoms with van der Waals surface area (Å²) in [6.45, 7) is 8.05. The number of hydrogen-bond acceptors (Lipinski definition) is 2. The maximum Gasteiger partial charge on any atom is 0.0855 e. The average Bonchev–Trinajstić information content (AvgIpc) is 2.02. The van der Waals surface area contributed by atoms with Gasteiger partial charge in [-0.05, 0) is 24.0 Å². The van der Waals surface area contributed by atoms with Crippen LogP contribution in [-0.2, 0) is 0 Å². The number of aromatic nitrogens is 1. The maximum absolute atomic E-state index is 10.00. The van der Waals surface area contributed by atoms with Crippen LogP contribution < -0.4 is 0 Å². The molecule has 1 aromatic heterocycles. The second-order valence-electron chi connectivity index (χ2n) is 4.50. The second-order valence-corrected chi connectivity index (χ2v) is 4.50. The molecule has 0 aromatic carbocycles. The topological polar surface area (TPSA) is 33.1 Å². The molecule has 0 fully saturated rings. The van der Waals surface area contributed by atoms with Crippen LogP contribution in [0, 0.1) is 12.3 Å². The Morgan fingerprint density at radius 2 is 2.00 bits per heavy atom. The van der Waals surface area contributed by atoms with Gasteiger partial charge in [-0.25, -0.2) is 0 Å². The molecular formula is C11H17NO. The third-order valence-corrected chi connectivity index (χ3v) is 2.19. The first kappa shape index (κ1) is 10.2. The molecular weight excluding hydrogens is 162 g/mol. The van der Waals surface area contributed by atoms with Gasteiger partial charge in [0.1, 0.15) is 0 Å². The SMILES string of the molecule is Cc1ccncc1C(O)C(C)(C)C. The van der Waals surface area contributed by atoms with Crippen molar-refractivity contribution in [3.05, 3.63) is 29.6 Å². The highest BCUT2D eigenvalue weighted by molar-refractivity contribution is 5.24. The molecule has 1 atom stereocenters. The summed E-state index contributed by atoms with van der Waals surface area (Å²) in [5, 5.41) is 10.00. The fraction of sp³-hybridized carbons (Fsp3) is 0.545. The molecule has 0 aliphatic rings. The lowest BCUT2D eigenvalue weighted by Gasteiger charge is -2.26. The zero-order valence-corrected chi connectivity index (χ0v) is 8.70. The van der Waals surface area contributed by atoms with Crippen LogP contribution in [-0.4, -0.2) is 10.1 Å². The molecule has 2 heteroatoms. The van der Waals surface area contributed by atoms with Gasteiger partial charge in [0.05, 0.1) is 6.10 Å². The van der Waals surface area contributed by atoms with Crippen LogP contribution >= 0.6 is 0 Å². The lowest BCUT2D eigenvalue weighted by molar-refractivity contribution is 0.0618. The summed E-state index contributed by atoms with van der Waals surface area (Å²) < 4.78 is 0. The molecule has 1 unspecified atom stereocenters. The summed E-state index contributed by atoms with van der Waals surface area (Å²) >= 11 is 0.